The van der Waals surface area contributed by atoms with Crippen LogP contribution in [0.15, 0.2) is 54.6 Å². The van der Waals surface area contributed by atoms with Gasteiger partial charge < -0.3 is 10.2 Å². The third-order valence-corrected chi connectivity index (χ3v) is 6.18. The Bertz CT molecular complexity index is 1040. The van der Waals surface area contributed by atoms with E-state index in [0.717, 1.165) is 22.2 Å². The third-order valence-electron chi connectivity index (χ3n) is 5.04. The van der Waals surface area contributed by atoms with E-state index in [1.807, 2.05) is 44.2 Å². The highest BCUT2D eigenvalue weighted by atomic mass is 32.2. The molecule has 9 heteroatoms. The van der Waals surface area contributed by atoms with Crippen molar-refractivity contribution < 1.29 is 22.4 Å². The molecule has 0 saturated carbocycles. The van der Waals surface area contributed by atoms with Crippen LogP contribution < -0.4 is 9.62 Å². The highest BCUT2D eigenvalue weighted by Crippen LogP contribution is 2.20. The van der Waals surface area contributed by atoms with Crippen molar-refractivity contribution in [2.45, 2.75) is 39.8 Å². The van der Waals surface area contributed by atoms with Crippen molar-refractivity contribution in [2.24, 2.45) is 5.92 Å². The maximum atomic E-state index is 13.8. The second-order valence-electron chi connectivity index (χ2n) is 8.32. The van der Waals surface area contributed by atoms with Gasteiger partial charge in [-0.1, -0.05) is 57.2 Å². The van der Waals surface area contributed by atoms with E-state index in [2.05, 4.69) is 5.32 Å². The molecule has 0 heterocycles. The molecule has 2 aromatic carbocycles. The van der Waals surface area contributed by atoms with Crippen molar-refractivity contribution in [1.29, 1.82) is 0 Å². The number of carbonyl (C=O) groups excluding carboxylic acids is 2. The molecule has 0 aromatic heterocycles. The molecule has 2 amide bonds. The summed E-state index contributed by atoms with van der Waals surface area (Å²) in [6, 6.07) is 13.4. The Kier molecular flexibility index (Phi) is 9.40. The Hall–Kier alpha value is -2.94. The van der Waals surface area contributed by atoms with Crippen LogP contribution in [0.1, 0.15) is 32.8 Å². The lowest BCUT2D eigenvalue weighted by atomic mass is 10.1. The highest BCUT2D eigenvalue weighted by Gasteiger charge is 2.31. The van der Waals surface area contributed by atoms with Gasteiger partial charge in [0.15, 0.2) is 0 Å². The molecule has 2 rings (SSSR count). The predicted octanol–water partition coefficient (Wildman–Crippen LogP) is 3.17. The number of amides is 2. The van der Waals surface area contributed by atoms with Gasteiger partial charge in [-0.05, 0) is 36.1 Å². The Labute approximate surface area is 195 Å². The molecule has 0 bridgehead atoms. The molecular formula is C24H32FN3O4S. The fraction of sp³-hybridized carbons (Fsp3) is 0.417. The van der Waals surface area contributed by atoms with Gasteiger partial charge in [-0.25, -0.2) is 12.8 Å². The zero-order valence-corrected chi connectivity index (χ0v) is 20.3. The minimum Gasteiger partial charge on any atom is -0.354 e. The molecule has 0 spiro atoms. The Morgan fingerprint density at radius 1 is 1.06 bits per heavy atom. The number of sulfonamides is 1. The Morgan fingerprint density at radius 3 is 2.27 bits per heavy atom. The molecule has 0 aliphatic heterocycles. The normalized spacial score (nSPS) is 12.3. The number of halogens is 1. The first-order valence-electron chi connectivity index (χ1n) is 10.9. The molecule has 1 unspecified atom stereocenters. The second kappa shape index (κ2) is 11.8. The van der Waals surface area contributed by atoms with Crippen molar-refractivity contribution in [1.82, 2.24) is 10.2 Å². The van der Waals surface area contributed by atoms with Gasteiger partial charge in [-0.3, -0.25) is 13.9 Å². The molecule has 1 atom stereocenters. The number of nitrogens with zero attached hydrogens (tertiary/aromatic N) is 2. The third kappa shape index (κ3) is 7.85. The maximum absolute atomic E-state index is 13.8. The molecule has 1 N–H and O–H groups in total. The van der Waals surface area contributed by atoms with Crippen LogP contribution in [0.2, 0.25) is 0 Å². The van der Waals surface area contributed by atoms with Crippen LogP contribution in [0.25, 0.3) is 0 Å². The molecule has 180 valence electrons. The van der Waals surface area contributed by atoms with Gasteiger partial charge in [-0.2, -0.15) is 0 Å². The zero-order valence-electron chi connectivity index (χ0n) is 19.5. The van der Waals surface area contributed by atoms with E-state index in [4.69, 9.17) is 0 Å². The molecular weight excluding hydrogens is 445 g/mol. The summed E-state index contributed by atoms with van der Waals surface area (Å²) in [5.74, 6) is -1.24. The molecule has 7 nitrogen and oxygen atoms in total. The van der Waals surface area contributed by atoms with Crippen molar-refractivity contribution in [2.75, 3.05) is 23.7 Å². The van der Waals surface area contributed by atoms with Crippen LogP contribution in [0, 0.1) is 11.7 Å². The lowest BCUT2D eigenvalue weighted by molar-refractivity contribution is -0.140. The fourth-order valence-electron chi connectivity index (χ4n) is 3.37. The molecule has 33 heavy (non-hydrogen) atoms. The molecule has 2 aromatic rings. The molecule has 0 aliphatic carbocycles. The maximum Gasteiger partial charge on any atom is 0.244 e. The summed E-state index contributed by atoms with van der Waals surface area (Å²) in [5.41, 5.74) is 0.848. The minimum atomic E-state index is -3.89. The van der Waals surface area contributed by atoms with Crippen LogP contribution >= 0.6 is 0 Å². The Morgan fingerprint density at radius 2 is 1.73 bits per heavy atom. The van der Waals surface area contributed by atoms with E-state index in [1.54, 1.807) is 6.92 Å². The van der Waals surface area contributed by atoms with E-state index >= 15 is 0 Å². The van der Waals surface area contributed by atoms with Crippen LogP contribution in [-0.2, 0) is 26.2 Å². The standard InChI is InChI=1S/C24H32FN3O4S/c1-5-22(24(30)26-15-18(2)3)27(16-19-10-7-6-8-11-19)23(29)17-28(33(4,31)32)21-13-9-12-20(25)14-21/h6-14,18,22H,5,15-17H2,1-4H3,(H,26,30). The summed E-state index contributed by atoms with van der Waals surface area (Å²) in [5, 5.41) is 2.86. The smallest absolute Gasteiger partial charge is 0.244 e. The molecule has 0 aliphatic rings. The number of carbonyl (C=O) groups is 2. The van der Waals surface area contributed by atoms with Gasteiger partial charge >= 0.3 is 0 Å². The van der Waals surface area contributed by atoms with Crippen molar-refractivity contribution in [3.8, 4) is 0 Å². The van der Waals surface area contributed by atoms with Gasteiger partial charge in [0, 0.05) is 13.1 Å². The van der Waals surface area contributed by atoms with E-state index in [9.17, 15) is 22.4 Å². The van der Waals surface area contributed by atoms with Gasteiger partial charge in [-0.15, -0.1) is 0 Å². The second-order valence-corrected chi connectivity index (χ2v) is 10.2. The van der Waals surface area contributed by atoms with E-state index in [-0.39, 0.29) is 24.1 Å². The lowest BCUT2D eigenvalue weighted by Gasteiger charge is -2.33. The average Bonchev–Trinajstić information content (AvgIpc) is 2.75. The van der Waals surface area contributed by atoms with E-state index < -0.39 is 34.3 Å². The summed E-state index contributed by atoms with van der Waals surface area (Å²) in [4.78, 5) is 27.8. The van der Waals surface area contributed by atoms with Gasteiger partial charge in [0.25, 0.3) is 0 Å². The monoisotopic (exact) mass is 477 g/mol. The highest BCUT2D eigenvalue weighted by molar-refractivity contribution is 7.92. The predicted molar refractivity (Wildman–Crippen MR) is 128 cm³/mol. The molecule has 0 saturated heterocycles. The van der Waals surface area contributed by atoms with Crippen LogP contribution in [0.4, 0.5) is 10.1 Å². The molecule has 0 fully saturated rings. The first-order chi connectivity index (χ1) is 15.5. The Balaban J connectivity index is 2.39. The van der Waals surface area contributed by atoms with Crippen molar-refractivity contribution in [3.63, 3.8) is 0 Å². The summed E-state index contributed by atoms with van der Waals surface area (Å²) in [6.45, 7) is 5.78. The summed E-state index contributed by atoms with van der Waals surface area (Å²) in [6.07, 6.45) is 1.31. The number of hydrogen-bond donors (Lipinski definition) is 1. The molecule has 0 radical (unpaired) electrons. The van der Waals surface area contributed by atoms with Crippen molar-refractivity contribution >= 4 is 27.5 Å². The number of anilines is 1. The summed E-state index contributed by atoms with van der Waals surface area (Å²) in [7, 11) is -3.89. The summed E-state index contributed by atoms with van der Waals surface area (Å²) < 4.78 is 39.6. The average molecular weight is 478 g/mol. The van der Waals surface area contributed by atoms with Crippen LogP contribution in [-0.4, -0.2) is 50.5 Å². The van der Waals surface area contributed by atoms with Gasteiger partial charge in [0.2, 0.25) is 21.8 Å². The number of rotatable bonds is 11. The van der Waals surface area contributed by atoms with E-state index in [1.165, 1.54) is 23.1 Å². The van der Waals surface area contributed by atoms with Crippen LogP contribution in [0.3, 0.4) is 0 Å². The zero-order chi connectivity index (χ0) is 24.6. The van der Waals surface area contributed by atoms with Crippen LogP contribution in [0.5, 0.6) is 0 Å². The lowest BCUT2D eigenvalue weighted by Crippen LogP contribution is -2.52. The minimum absolute atomic E-state index is 0.0443. The first kappa shape index (κ1) is 26.3. The van der Waals surface area contributed by atoms with Crippen molar-refractivity contribution in [3.05, 3.63) is 66.0 Å². The largest absolute Gasteiger partial charge is 0.354 e. The number of benzene rings is 2. The van der Waals surface area contributed by atoms with E-state index in [0.29, 0.717) is 13.0 Å². The SMILES string of the molecule is CCC(C(=O)NCC(C)C)N(Cc1ccccc1)C(=O)CN(c1cccc(F)c1)S(C)(=O)=O. The fourth-order valence-corrected chi connectivity index (χ4v) is 4.21. The number of hydrogen-bond acceptors (Lipinski definition) is 4. The first-order valence-corrected chi connectivity index (χ1v) is 12.7. The quantitative estimate of drug-likeness (QED) is 0.539. The summed E-state index contributed by atoms with van der Waals surface area (Å²) >= 11 is 0. The van der Waals surface area contributed by atoms with Gasteiger partial charge in [0.05, 0.1) is 11.9 Å². The van der Waals surface area contributed by atoms with Gasteiger partial charge in [0.1, 0.15) is 18.4 Å². The number of nitrogens with one attached hydrogen (secondary N) is 1. The topological polar surface area (TPSA) is 86.8 Å².